The van der Waals surface area contributed by atoms with Crippen molar-refractivity contribution in [3.63, 3.8) is 0 Å². The lowest BCUT2D eigenvalue weighted by atomic mass is 10.1. The van der Waals surface area contributed by atoms with Gasteiger partial charge >= 0.3 is 0 Å². The van der Waals surface area contributed by atoms with Gasteiger partial charge in [-0.2, -0.15) is 0 Å². The predicted molar refractivity (Wildman–Crippen MR) is 54.7 cm³/mol. The molecule has 78 valence electrons. The number of nitrogens with zero attached hydrogens (tertiary/aromatic N) is 1. The molecule has 0 fully saturated rings. The molecular weight excluding hydrogens is 183 g/mol. The van der Waals surface area contributed by atoms with E-state index in [4.69, 9.17) is 10.8 Å². The van der Waals surface area contributed by atoms with E-state index in [1.165, 1.54) is 6.07 Å². The molecule has 3 N–H and O–H groups in total. The molecule has 0 radical (unpaired) electrons. The lowest BCUT2D eigenvalue weighted by Crippen LogP contribution is -2.20. The minimum Gasteiger partial charge on any atom is -0.394 e. The van der Waals surface area contributed by atoms with Gasteiger partial charge in [0, 0.05) is 14.1 Å². The minimum absolute atomic E-state index is 0.190. The van der Waals surface area contributed by atoms with Crippen molar-refractivity contribution in [3.8, 4) is 0 Å². The lowest BCUT2D eigenvalue weighted by Gasteiger charge is -2.20. The maximum Gasteiger partial charge on any atom is 0.146 e. The highest BCUT2D eigenvalue weighted by atomic mass is 19.1. The molecule has 3 nitrogen and oxygen atoms in total. The van der Waals surface area contributed by atoms with E-state index in [0.29, 0.717) is 11.3 Å². The number of hydrogen-bond donors (Lipinski definition) is 2. The number of hydrogen-bond acceptors (Lipinski definition) is 3. The van der Waals surface area contributed by atoms with Crippen molar-refractivity contribution < 1.29 is 9.50 Å². The molecule has 0 spiro atoms. The van der Waals surface area contributed by atoms with Crippen LogP contribution in [0.15, 0.2) is 18.2 Å². The summed E-state index contributed by atoms with van der Waals surface area (Å²) in [7, 11) is 3.48. The van der Waals surface area contributed by atoms with Crippen LogP contribution in [0.3, 0.4) is 0 Å². The number of aliphatic hydroxyl groups excluding tert-OH is 1. The summed E-state index contributed by atoms with van der Waals surface area (Å²) >= 11 is 0. The molecule has 4 heteroatoms. The van der Waals surface area contributed by atoms with Gasteiger partial charge in [-0.15, -0.1) is 0 Å². The van der Waals surface area contributed by atoms with Crippen LogP contribution >= 0.6 is 0 Å². The Balaban J connectivity index is 3.21. The van der Waals surface area contributed by atoms with E-state index in [1.807, 2.05) is 0 Å². The molecule has 14 heavy (non-hydrogen) atoms. The molecule has 0 aromatic heterocycles. The number of aliphatic hydroxyl groups is 1. The van der Waals surface area contributed by atoms with Gasteiger partial charge in [0.25, 0.3) is 0 Å². The molecule has 1 aromatic rings. The number of benzene rings is 1. The van der Waals surface area contributed by atoms with Gasteiger partial charge in [0.15, 0.2) is 0 Å². The Morgan fingerprint density at radius 3 is 2.64 bits per heavy atom. The first-order chi connectivity index (χ1) is 6.57. The van der Waals surface area contributed by atoms with Crippen LogP contribution in [0.5, 0.6) is 0 Å². The quantitative estimate of drug-likeness (QED) is 0.758. The van der Waals surface area contributed by atoms with E-state index in [2.05, 4.69) is 0 Å². The molecule has 0 amide bonds. The molecule has 0 saturated carbocycles. The molecule has 0 heterocycles. The maximum atomic E-state index is 13.4. The van der Waals surface area contributed by atoms with Crippen molar-refractivity contribution in [2.45, 2.75) is 6.04 Å². The van der Waals surface area contributed by atoms with Gasteiger partial charge in [-0.3, -0.25) is 0 Å². The van der Waals surface area contributed by atoms with Crippen LogP contribution in [0.1, 0.15) is 11.6 Å². The fourth-order valence-corrected chi connectivity index (χ4v) is 1.40. The van der Waals surface area contributed by atoms with E-state index in [-0.39, 0.29) is 12.4 Å². The first-order valence-electron chi connectivity index (χ1n) is 4.40. The summed E-state index contributed by atoms with van der Waals surface area (Å²) in [5.74, 6) is -0.323. The summed E-state index contributed by atoms with van der Waals surface area (Å²) in [4.78, 5) is 1.65. The second kappa shape index (κ2) is 4.39. The van der Waals surface area contributed by atoms with E-state index in [9.17, 15) is 4.39 Å². The highest BCUT2D eigenvalue weighted by Gasteiger charge is 2.14. The molecule has 0 aliphatic carbocycles. The number of anilines is 1. The molecule has 1 atom stereocenters. The van der Waals surface area contributed by atoms with Gasteiger partial charge in [-0.05, 0) is 11.6 Å². The monoisotopic (exact) mass is 198 g/mol. The van der Waals surface area contributed by atoms with Gasteiger partial charge in [0.2, 0.25) is 0 Å². The second-order valence-corrected chi connectivity index (χ2v) is 3.36. The Kier molecular flexibility index (Phi) is 3.43. The summed E-state index contributed by atoms with van der Waals surface area (Å²) in [6.45, 7) is -0.190. The van der Waals surface area contributed by atoms with Gasteiger partial charge in [0.1, 0.15) is 5.82 Å². The molecule has 0 aliphatic rings. The maximum absolute atomic E-state index is 13.4. The Morgan fingerprint density at radius 1 is 1.50 bits per heavy atom. The van der Waals surface area contributed by atoms with Crippen LogP contribution in [0.2, 0.25) is 0 Å². The molecule has 0 aliphatic heterocycles. The van der Waals surface area contributed by atoms with Gasteiger partial charge in [-0.1, -0.05) is 12.1 Å². The standard InChI is InChI=1S/C10H15FN2O/c1-13(2)10-7(9(12)6-14)4-3-5-8(10)11/h3-5,9,14H,6,12H2,1-2H3. The molecule has 0 saturated heterocycles. The summed E-state index contributed by atoms with van der Waals surface area (Å²) in [6, 6.07) is 4.15. The summed E-state index contributed by atoms with van der Waals surface area (Å²) in [6.07, 6.45) is 0. The van der Waals surface area contributed by atoms with E-state index < -0.39 is 6.04 Å². The summed E-state index contributed by atoms with van der Waals surface area (Å²) in [5, 5.41) is 8.92. The topological polar surface area (TPSA) is 49.5 Å². The van der Waals surface area contributed by atoms with Crippen LogP contribution < -0.4 is 10.6 Å². The van der Waals surface area contributed by atoms with E-state index in [1.54, 1.807) is 31.1 Å². The average molecular weight is 198 g/mol. The fourth-order valence-electron chi connectivity index (χ4n) is 1.40. The Morgan fingerprint density at radius 2 is 2.14 bits per heavy atom. The summed E-state index contributed by atoms with van der Waals surface area (Å²) < 4.78 is 13.4. The van der Waals surface area contributed by atoms with Crippen LogP contribution in [0.25, 0.3) is 0 Å². The highest BCUT2D eigenvalue weighted by molar-refractivity contribution is 5.55. The Bertz CT molecular complexity index is 315. The van der Waals surface area contributed by atoms with Gasteiger partial charge in [-0.25, -0.2) is 4.39 Å². The molecule has 1 aromatic carbocycles. The van der Waals surface area contributed by atoms with E-state index >= 15 is 0 Å². The van der Waals surface area contributed by atoms with E-state index in [0.717, 1.165) is 0 Å². The van der Waals surface area contributed by atoms with Crippen molar-refractivity contribution in [1.82, 2.24) is 0 Å². The average Bonchev–Trinajstić information content (AvgIpc) is 2.15. The van der Waals surface area contributed by atoms with Crippen LogP contribution in [-0.4, -0.2) is 25.8 Å². The second-order valence-electron chi connectivity index (χ2n) is 3.36. The highest BCUT2D eigenvalue weighted by Crippen LogP contribution is 2.26. The number of halogens is 1. The lowest BCUT2D eigenvalue weighted by molar-refractivity contribution is 0.268. The third kappa shape index (κ3) is 2.02. The van der Waals surface area contributed by atoms with Crippen LogP contribution in [0, 0.1) is 5.82 Å². The zero-order valence-electron chi connectivity index (χ0n) is 8.37. The smallest absolute Gasteiger partial charge is 0.146 e. The minimum atomic E-state index is -0.539. The zero-order valence-corrected chi connectivity index (χ0v) is 8.37. The predicted octanol–water partition coefficient (Wildman–Crippen LogP) is 0.884. The first-order valence-corrected chi connectivity index (χ1v) is 4.40. The Hall–Kier alpha value is -1.13. The molecule has 1 rings (SSSR count). The van der Waals surface area contributed by atoms with Crippen molar-refractivity contribution in [2.24, 2.45) is 5.73 Å². The van der Waals surface area contributed by atoms with Crippen molar-refractivity contribution in [3.05, 3.63) is 29.6 Å². The largest absolute Gasteiger partial charge is 0.394 e. The SMILES string of the molecule is CN(C)c1c(F)cccc1C(N)CO. The molecule has 0 bridgehead atoms. The third-order valence-corrected chi connectivity index (χ3v) is 2.06. The molecular formula is C10H15FN2O. The van der Waals surface area contributed by atoms with Gasteiger partial charge < -0.3 is 15.7 Å². The fraction of sp³-hybridized carbons (Fsp3) is 0.400. The first kappa shape index (κ1) is 10.9. The normalized spacial score (nSPS) is 12.6. The van der Waals surface area contributed by atoms with Crippen LogP contribution in [-0.2, 0) is 0 Å². The molecule has 1 unspecified atom stereocenters. The number of rotatable bonds is 3. The van der Waals surface area contributed by atoms with Crippen molar-refractivity contribution in [2.75, 3.05) is 25.6 Å². The van der Waals surface area contributed by atoms with Crippen molar-refractivity contribution >= 4 is 5.69 Å². The third-order valence-electron chi connectivity index (χ3n) is 2.06. The van der Waals surface area contributed by atoms with Crippen LogP contribution in [0.4, 0.5) is 10.1 Å². The van der Waals surface area contributed by atoms with Crippen molar-refractivity contribution in [1.29, 1.82) is 0 Å². The number of nitrogens with two attached hydrogens (primary N) is 1. The number of para-hydroxylation sites is 1. The van der Waals surface area contributed by atoms with Gasteiger partial charge in [0.05, 0.1) is 18.3 Å². The Labute approximate surface area is 83.0 Å². The summed E-state index contributed by atoms with van der Waals surface area (Å²) in [5.41, 5.74) is 6.72. The zero-order chi connectivity index (χ0) is 10.7.